The first-order chi connectivity index (χ1) is 8.33. The van der Waals surface area contributed by atoms with Crippen LogP contribution in [0.1, 0.15) is 32.5 Å². The van der Waals surface area contributed by atoms with Crippen LogP contribution in [0.5, 0.6) is 0 Å². The van der Waals surface area contributed by atoms with Gasteiger partial charge < -0.3 is 19.8 Å². The van der Waals surface area contributed by atoms with Crippen molar-refractivity contribution in [3.8, 4) is 0 Å². The van der Waals surface area contributed by atoms with Crippen molar-refractivity contribution < 1.29 is 19.1 Å². The summed E-state index contributed by atoms with van der Waals surface area (Å²) in [7, 11) is 1.24. The molecule has 7 heteroatoms. The van der Waals surface area contributed by atoms with Gasteiger partial charge in [0, 0.05) is 0 Å². The number of imidazole rings is 1. The molecule has 0 aromatic carbocycles. The minimum absolute atomic E-state index is 0.424. The van der Waals surface area contributed by atoms with Crippen LogP contribution < -0.4 is 5.32 Å². The van der Waals surface area contributed by atoms with Crippen LogP contribution >= 0.6 is 0 Å². The number of methoxy groups -OCH3 is 1. The molecule has 0 spiro atoms. The molecular weight excluding hydrogens is 238 g/mol. The van der Waals surface area contributed by atoms with Gasteiger partial charge in [0.15, 0.2) is 6.04 Å². The molecule has 100 valence electrons. The molecule has 0 aliphatic heterocycles. The van der Waals surface area contributed by atoms with Gasteiger partial charge >= 0.3 is 12.1 Å². The van der Waals surface area contributed by atoms with Gasteiger partial charge in [-0.15, -0.1) is 0 Å². The molecule has 1 aromatic rings. The Morgan fingerprint density at radius 2 is 2.11 bits per heavy atom. The number of alkyl carbamates (subject to hydrolysis) is 1. The monoisotopic (exact) mass is 255 g/mol. The van der Waals surface area contributed by atoms with Crippen molar-refractivity contribution in [3.05, 3.63) is 18.2 Å². The van der Waals surface area contributed by atoms with Crippen molar-refractivity contribution >= 4 is 12.1 Å². The molecule has 1 amide bonds. The molecule has 0 aliphatic rings. The first-order valence-corrected chi connectivity index (χ1v) is 5.39. The van der Waals surface area contributed by atoms with E-state index in [4.69, 9.17) is 4.74 Å². The largest absolute Gasteiger partial charge is 0.467 e. The molecule has 0 aliphatic carbocycles. The summed E-state index contributed by atoms with van der Waals surface area (Å²) >= 11 is 0. The molecule has 0 radical (unpaired) electrons. The number of rotatable bonds is 3. The molecule has 1 rings (SSSR count). The van der Waals surface area contributed by atoms with E-state index in [1.54, 1.807) is 20.8 Å². The molecule has 1 atom stereocenters. The van der Waals surface area contributed by atoms with Crippen molar-refractivity contribution in [3.63, 3.8) is 0 Å². The number of hydrogen-bond acceptors (Lipinski definition) is 5. The van der Waals surface area contributed by atoms with Crippen LogP contribution in [-0.4, -0.2) is 34.7 Å². The minimum Gasteiger partial charge on any atom is -0.467 e. The number of H-pyrrole nitrogens is 1. The highest BCUT2D eigenvalue weighted by atomic mass is 16.6. The zero-order chi connectivity index (χ0) is 13.8. The number of nitrogens with zero attached hydrogens (tertiary/aromatic N) is 1. The maximum atomic E-state index is 11.6. The number of amides is 1. The SMILES string of the molecule is COC(=O)C(NC(=O)OC(C)(C)C)c1cnc[nH]1. The Morgan fingerprint density at radius 1 is 1.44 bits per heavy atom. The van der Waals surface area contributed by atoms with Crippen molar-refractivity contribution in [2.24, 2.45) is 0 Å². The van der Waals surface area contributed by atoms with Crippen LogP contribution in [0.15, 0.2) is 12.5 Å². The summed E-state index contributed by atoms with van der Waals surface area (Å²) in [4.78, 5) is 29.7. The van der Waals surface area contributed by atoms with E-state index < -0.39 is 23.7 Å². The molecule has 0 saturated heterocycles. The van der Waals surface area contributed by atoms with Crippen LogP contribution in [0, 0.1) is 0 Å². The van der Waals surface area contributed by atoms with Gasteiger partial charge in [-0.2, -0.15) is 0 Å². The summed E-state index contributed by atoms with van der Waals surface area (Å²) in [6.07, 6.45) is 2.13. The Hall–Kier alpha value is -2.05. The summed E-state index contributed by atoms with van der Waals surface area (Å²) in [5.74, 6) is -0.606. The molecular formula is C11H17N3O4. The first-order valence-electron chi connectivity index (χ1n) is 5.39. The third-order valence-electron chi connectivity index (χ3n) is 1.93. The zero-order valence-corrected chi connectivity index (χ0v) is 10.8. The lowest BCUT2D eigenvalue weighted by Crippen LogP contribution is -2.38. The highest BCUT2D eigenvalue weighted by Crippen LogP contribution is 2.13. The number of nitrogens with one attached hydrogen (secondary N) is 2. The fourth-order valence-electron chi connectivity index (χ4n) is 1.23. The maximum Gasteiger partial charge on any atom is 0.408 e. The lowest BCUT2D eigenvalue weighted by Gasteiger charge is -2.22. The van der Waals surface area contributed by atoms with Gasteiger partial charge in [0.2, 0.25) is 0 Å². The summed E-state index contributed by atoms with van der Waals surface area (Å²) in [6.45, 7) is 5.20. The van der Waals surface area contributed by atoms with Crippen LogP contribution in [0.25, 0.3) is 0 Å². The molecule has 0 bridgehead atoms. The van der Waals surface area contributed by atoms with E-state index in [0.29, 0.717) is 5.69 Å². The van der Waals surface area contributed by atoms with E-state index in [2.05, 4.69) is 20.0 Å². The van der Waals surface area contributed by atoms with Crippen molar-refractivity contribution in [1.29, 1.82) is 0 Å². The van der Waals surface area contributed by atoms with Gasteiger partial charge in [-0.25, -0.2) is 14.6 Å². The van der Waals surface area contributed by atoms with E-state index in [9.17, 15) is 9.59 Å². The summed E-state index contributed by atoms with van der Waals surface area (Å²) in [5.41, 5.74) is -0.216. The van der Waals surface area contributed by atoms with Crippen LogP contribution in [0.4, 0.5) is 4.79 Å². The fraction of sp³-hybridized carbons (Fsp3) is 0.545. The van der Waals surface area contributed by atoms with Crippen LogP contribution in [0.2, 0.25) is 0 Å². The van der Waals surface area contributed by atoms with E-state index in [1.165, 1.54) is 19.6 Å². The molecule has 1 heterocycles. The van der Waals surface area contributed by atoms with E-state index >= 15 is 0 Å². The van der Waals surface area contributed by atoms with Gasteiger partial charge in [-0.3, -0.25) is 0 Å². The summed E-state index contributed by atoms with van der Waals surface area (Å²) in [5, 5.41) is 2.42. The predicted molar refractivity (Wildman–Crippen MR) is 62.7 cm³/mol. The molecule has 0 saturated carbocycles. The summed E-state index contributed by atoms with van der Waals surface area (Å²) < 4.78 is 9.68. The number of aromatic amines is 1. The van der Waals surface area contributed by atoms with E-state index in [-0.39, 0.29) is 0 Å². The quantitative estimate of drug-likeness (QED) is 0.790. The smallest absolute Gasteiger partial charge is 0.408 e. The van der Waals surface area contributed by atoms with Crippen LogP contribution in [0.3, 0.4) is 0 Å². The lowest BCUT2D eigenvalue weighted by molar-refractivity contribution is -0.143. The summed E-state index contributed by atoms with van der Waals surface area (Å²) in [6, 6.07) is -0.965. The molecule has 1 aromatic heterocycles. The predicted octanol–water partition coefficient (Wildman–Crippen LogP) is 1.15. The molecule has 0 fully saturated rings. The second kappa shape index (κ2) is 5.52. The van der Waals surface area contributed by atoms with Crippen molar-refractivity contribution in [2.75, 3.05) is 7.11 Å². The average molecular weight is 255 g/mol. The molecule has 7 nitrogen and oxygen atoms in total. The minimum atomic E-state index is -0.965. The Bertz CT molecular complexity index is 408. The Morgan fingerprint density at radius 3 is 2.56 bits per heavy atom. The Kier molecular flexibility index (Phi) is 4.30. The second-order valence-corrected chi connectivity index (χ2v) is 4.61. The van der Waals surface area contributed by atoms with Gasteiger partial charge in [0.1, 0.15) is 5.60 Å². The maximum absolute atomic E-state index is 11.6. The topological polar surface area (TPSA) is 93.3 Å². The van der Waals surface area contributed by atoms with Gasteiger partial charge in [0.05, 0.1) is 25.3 Å². The molecule has 2 N–H and O–H groups in total. The number of ether oxygens (including phenoxy) is 2. The third-order valence-corrected chi connectivity index (χ3v) is 1.93. The van der Waals surface area contributed by atoms with Crippen molar-refractivity contribution in [2.45, 2.75) is 32.4 Å². The lowest BCUT2D eigenvalue weighted by atomic mass is 10.2. The third kappa shape index (κ3) is 4.08. The van der Waals surface area contributed by atoms with Crippen molar-refractivity contribution in [1.82, 2.24) is 15.3 Å². The second-order valence-electron chi connectivity index (χ2n) is 4.61. The van der Waals surface area contributed by atoms with E-state index in [1.807, 2.05) is 0 Å². The fourth-order valence-corrected chi connectivity index (χ4v) is 1.23. The number of carbonyl (C=O) groups excluding carboxylic acids is 2. The van der Waals surface area contributed by atoms with Gasteiger partial charge in [0.25, 0.3) is 0 Å². The Balaban J connectivity index is 2.75. The van der Waals surface area contributed by atoms with Crippen LogP contribution in [-0.2, 0) is 14.3 Å². The normalized spacial score (nSPS) is 12.7. The Labute approximate surface area is 105 Å². The molecule has 1 unspecified atom stereocenters. The number of esters is 1. The highest BCUT2D eigenvalue weighted by Gasteiger charge is 2.27. The number of aromatic nitrogens is 2. The van der Waals surface area contributed by atoms with Gasteiger partial charge in [-0.05, 0) is 20.8 Å². The molecule has 18 heavy (non-hydrogen) atoms. The number of hydrogen-bond donors (Lipinski definition) is 2. The van der Waals surface area contributed by atoms with E-state index in [0.717, 1.165) is 0 Å². The zero-order valence-electron chi connectivity index (χ0n) is 10.8. The average Bonchev–Trinajstić information content (AvgIpc) is 2.75. The highest BCUT2D eigenvalue weighted by molar-refractivity contribution is 5.82. The van der Waals surface area contributed by atoms with Gasteiger partial charge in [-0.1, -0.05) is 0 Å². The standard InChI is InChI=1S/C11H17N3O4/c1-11(2,3)18-10(16)14-8(9(15)17-4)7-5-12-6-13-7/h5-6,8H,1-4H3,(H,12,13)(H,14,16). The first kappa shape index (κ1) is 14.0. The number of carbonyl (C=O) groups is 2.